The quantitative estimate of drug-likeness (QED) is 0.577. The summed E-state index contributed by atoms with van der Waals surface area (Å²) in [7, 11) is -2.64. The standard InChI is InChI=1S/C19H22N2O5S/c1-26-17-10-9-16(21(22)23)13-18(17)27(24,25)20-14-19(11-5-6-12-19)15-7-3-2-4-8-15/h2-4,7-10,13,20H,5-6,11-12,14H2,1H3. The van der Waals surface area contributed by atoms with E-state index in [1.54, 1.807) is 0 Å². The van der Waals surface area contributed by atoms with Gasteiger partial charge in [-0.1, -0.05) is 43.2 Å². The van der Waals surface area contributed by atoms with Crippen LogP contribution in [-0.2, 0) is 15.4 Å². The highest BCUT2D eigenvalue weighted by Crippen LogP contribution is 2.41. The van der Waals surface area contributed by atoms with Crippen molar-refractivity contribution in [1.82, 2.24) is 4.72 Å². The van der Waals surface area contributed by atoms with E-state index in [2.05, 4.69) is 4.72 Å². The number of nitrogens with zero attached hydrogens (tertiary/aromatic N) is 1. The average molecular weight is 390 g/mol. The summed E-state index contributed by atoms with van der Waals surface area (Å²) in [5, 5.41) is 11.0. The lowest BCUT2D eigenvalue weighted by atomic mass is 9.79. The molecule has 144 valence electrons. The molecule has 0 heterocycles. The molecule has 27 heavy (non-hydrogen) atoms. The van der Waals surface area contributed by atoms with Crippen molar-refractivity contribution >= 4 is 15.7 Å². The average Bonchev–Trinajstić information content (AvgIpc) is 3.17. The highest BCUT2D eigenvalue weighted by Gasteiger charge is 2.37. The van der Waals surface area contributed by atoms with Crippen LogP contribution in [0.2, 0.25) is 0 Å². The topological polar surface area (TPSA) is 98.5 Å². The Morgan fingerprint density at radius 3 is 2.41 bits per heavy atom. The molecule has 7 nitrogen and oxygen atoms in total. The molecule has 2 aromatic carbocycles. The Kier molecular flexibility index (Phi) is 5.48. The maximum Gasteiger partial charge on any atom is 0.271 e. The summed E-state index contributed by atoms with van der Waals surface area (Å²) >= 11 is 0. The first-order valence-electron chi connectivity index (χ1n) is 8.76. The van der Waals surface area contributed by atoms with Gasteiger partial charge in [-0.25, -0.2) is 13.1 Å². The number of nitrogens with one attached hydrogen (secondary N) is 1. The number of ether oxygens (including phenoxy) is 1. The van der Waals surface area contributed by atoms with Crippen molar-refractivity contribution < 1.29 is 18.1 Å². The van der Waals surface area contributed by atoms with Crippen molar-refractivity contribution in [1.29, 1.82) is 0 Å². The smallest absolute Gasteiger partial charge is 0.271 e. The lowest BCUT2D eigenvalue weighted by Crippen LogP contribution is -2.39. The summed E-state index contributed by atoms with van der Waals surface area (Å²) in [6, 6.07) is 13.4. The van der Waals surface area contributed by atoms with Gasteiger partial charge in [0.05, 0.1) is 12.0 Å². The Balaban J connectivity index is 1.90. The number of hydrogen-bond donors (Lipinski definition) is 1. The molecule has 0 amide bonds. The first kappa shape index (κ1) is 19.3. The van der Waals surface area contributed by atoms with Crippen molar-refractivity contribution in [2.45, 2.75) is 36.0 Å². The third kappa shape index (κ3) is 3.96. The van der Waals surface area contributed by atoms with Crippen LogP contribution < -0.4 is 9.46 Å². The van der Waals surface area contributed by atoms with Gasteiger partial charge < -0.3 is 4.74 Å². The zero-order valence-corrected chi connectivity index (χ0v) is 15.9. The molecular formula is C19H22N2O5S. The fourth-order valence-corrected chi connectivity index (χ4v) is 5.02. The van der Waals surface area contributed by atoms with E-state index in [-0.39, 0.29) is 28.3 Å². The van der Waals surface area contributed by atoms with Gasteiger partial charge in [0.2, 0.25) is 10.0 Å². The van der Waals surface area contributed by atoms with Crippen molar-refractivity contribution in [3.05, 3.63) is 64.2 Å². The highest BCUT2D eigenvalue weighted by atomic mass is 32.2. The van der Waals surface area contributed by atoms with Gasteiger partial charge in [-0.3, -0.25) is 10.1 Å². The van der Waals surface area contributed by atoms with E-state index >= 15 is 0 Å². The number of hydrogen-bond acceptors (Lipinski definition) is 5. The van der Waals surface area contributed by atoms with Crippen LogP contribution in [0.1, 0.15) is 31.2 Å². The molecule has 0 spiro atoms. The maximum absolute atomic E-state index is 12.9. The number of nitro benzene ring substituents is 1. The van der Waals surface area contributed by atoms with E-state index in [4.69, 9.17) is 4.74 Å². The maximum atomic E-state index is 12.9. The minimum absolute atomic E-state index is 0.0771. The highest BCUT2D eigenvalue weighted by molar-refractivity contribution is 7.89. The molecule has 0 aromatic heterocycles. The lowest BCUT2D eigenvalue weighted by molar-refractivity contribution is -0.385. The van der Waals surface area contributed by atoms with E-state index in [9.17, 15) is 18.5 Å². The molecule has 1 aliphatic carbocycles. The molecule has 2 aromatic rings. The van der Waals surface area contributed by atoms with Gasteiger partial charge in [-0.2, -0.15) is 0 Å². The number of rotatable bonds is 7. The molecule has 0 unspecified atom stereocenters. The first-order valence-corrected chi connectivity index (χ1v) is 10.2. The molecule has 0 radical (unpaired) electrons. The largest absolute Gasteiger partial charge is 0.495 e. The van der Waals surface area contributed by atoms with Crippen molar-refractivity contribution in [2.75, 3.05) is 13.7 Å². The van der Waals surface area contributed by atoms with Gasteiger partial charge in [0.25, 0.3) is 5.69 Å². The Morgan fingerprint density at radius 1 is 1.15 bits per heavy atom. The summed E-state index contributed by atoms with van der Waals surface area (Å²) in [6.07, 6.45) is 3.87. The zero-order valence-electron chi connectivity index (χ0n) is 15.1. The van der Waals surface area contributed by atoms with E-state index in [0.29, 0.717) is 0 Å². The first-order chi connectivity index (χ1) is 12.9. The van der Waals surface area contributed by atoms with Gasteiger partial charge in [0.15, 0.2) is 0 Å². The van der Waals surface area contributed by atoms with Crippen molar-refractivity contribution in [2.24, 2.45) is 0 Å². The second-order valence-corrected chi connectivity index (χ2v) is 8.51. The van der Waals surface area contributed by atoms with Crippen LogP contribution >= 0.6 is 0 Å². The Labute approximate surface area is 158 Å². The van der Waals surface area contributed by atoms with Crippen LogP contribution in [0.3, 0.4) is 0 Å². The predicted octanol–water partition coefficient (Wildman–Crippen LogP) is 3.39. The molecular weight excluding hydrogens is 368 g/mol. The molecule has 0 atom stereocenters. The summed E-state index contributed by atoms with van der Waals surface area (Å²) in [6.45, 7) is 0.241. The normalized spacial score (nSPS) is 16.2. The molecule has 1 fully saturated rings. The van der Waals surface area contributed by atoms with Crippen LogP contribution in [0.15, 0.2) is 53.4 Å². The minimum atomic E-state index is -3.97. The van der Waals surface area contributed by atoms with E-state index in [1.165, 1.54) is 19.2 Å². The van der Waals surface area contributed by atoms with E-state index in [1.807, 2.05) is 30.3 Å². The fraction of sp³-hybridized carbons (Fsp3) is 0.368. The van der Waals surface area contributed by atoms with E-state index in [0.717, 1.165) is 37.3 Å². The van der Waals surface area contributed by atoms with Gasteiger partial charge >= 0.3 is 0 Å². The number of methoxy groups -OCH3 is 1. The fourth-order valence-electron chi connectivity index (χ4n) is 3.71. The summed E-state index contributed by atoms with van der Waals surface area (Å²) in [5.74, 6) is 0.0771. The summed E-state index contributed by atoms with van der Waals surface area (Å²) in [5.41, 5.74) is 0.550. The molecule has 0 aliphatic heterocycles. The lowest BCUT2D eigenvalue weighted by Gasteiger charge is -2.30. The van der Waals surface area contributed by atoms with Crippen LogP contribution in [0.5, 0.6) is 5.75 Å². The molecule has 3 rings (SSSR count). The van der Waals surface area contributed by atoms with Crippen molar-refractivity contribution in [3.63, 3.8) is 0 Å². The molecule has 0 saturated heterocycles. The molecule has 1 N–H and O–H groups in total. The predicted molar refractivity (Wildman–Crippen MR) is 101 cm³/mol. The Morgan fingerprint density at radius 2 is 1.81 bits per heavy atom. The van der Waals surface area contributed by atoms with E-state index < -0.39 is 14.9 Å². The Bertz CT molecular complexity index is 922. The third-order valence-electron chi connectivity index (χ3n) is 5.19. The third-order valence-corrected chi connectivity index (χ3v) is 6.62. The van der Waals surface area contributed by atoms with Gasteiger partial charge in [0, 0.05) is 24.1 Å². The summed E-state index contributed by atoms with van der Waals surface area (Å²) in [4.78, 5) is 10.2. The van der Waals surface area contributed by atoms with Gasteiger partial charge in [0.1, 0.15) is 10.6 Å². The monoisotopic (exact) mass is 390 g/mol. The number of sulfonamides is 1. The molecule has 1 saturated carbocycles. The van der Waals surface area contributed by atoms with Gasteiger partial charge in [-0.15, -0.1) is 0 Å². The molecule has 8 heteroatoms. The van der Waals surface area contributed by atoms with Crippen LogP contribution in [0, 0.1) is 10.1 Å². The second kappa shape index (κ2) is 7.66. The van der Waals surface area contributed by atoms with Crippen LogP contribution in [0.25, 0.3) is 0 Å². The van der Waals surface area contributed by atoms with Crippen molar-refractivity contribution in [3.8, 4) is 5.75 Å². The zero-order chi connectivity index (χ0) is 19.5. The second-order valence-electron chi connectivity index (χ2n) is 6.77. The molecule has 1 aliphatic rings. The molecule has 0 bridgehead atoms. The van der Waals surface area contributed by atoms with Gasteiger partial charge in [-0.05, 0) is 24.5 Å². The minimum Gasteiger partial charge on any atom is -0.495 e. The van der Waals surface area contributed by atoms with Crippen LogP contribution in [-0.4, -0.2) is 27.0 Å². The number of nitro groups is 1. The number of non-ortho nitro benzene ring substituents is 1. The number of benzene rings is 2. The summed E-state index contributed by atoms with van der Waals surface area (Å²) < 4.78 is 33.6. The van der Waals surface area contributed by atoms with Crippen LogP contribution in [0.4, 0.5) is 5.69 Å². The Hall–Kier alpha value is -2.45. The SMILES string of the molecule is COc1ccc([N+](=O)[O-])cc1S(=O)(=O)NCC1(c2ccccc2)CCCC1.